The number of nitrogens with one attached hydrogen (secondary N) is 1. The van der Waals surface area contributed by atoms with Gasteiger partial charge in [-0.15, -0.1) is 0 Å². The number of allylic oxidation sites excluding steroid dienone is 1. The van der Waals surface area contributed by atoms with Gasteiger partial charge >= 0.3 is 5.97 Å². The first-order valence-electron chi connectivity index (χ1n) is 16.2. The van der Waals surface area contributed by atoms with Crippen molar-refractivity contribution >= 4 is 23.7 Å². The number of methoxy groups -OCH3 is 1. The number of carbonyl (C=O) groups excluding carboxylic acids is 4. The molecule has 2 saturated heterocycles. The van der Waals surface area contributed by atoms with E-state index >= 15 is 0 Å². The molecule has 3 fully saturated rings. The Kier molecular flexibility index (Phi) is 9.75. The minimum absolute atomic E-state index is 0.0116. The summed E-state index contributed by atoms with van der Waals surface area (Å²) in [5.41, 5.74) is 0.974. The lowest BCUT2D eigenvalue weighted by atomic mass is 9.64. The Bertz CT molecular complexity index is 1110. The summed E-state index contributed by atoms with van der Waals surface area (Å²) in [6.45, 7) is 6.54. The number of amides is 3. The van der Waals surface area contributed by atoms with Crippen LogP contribution in [0.4, 0.5) is 0 Å². The van der Waals surface area contributed by atoms with E-state index in [1.807, 2.05) is 15.9 Å². The number of fused-ring (bicyclic) bond motifs is 1. The van der Waals surface area contributed by atoms with Crippen molar-refractivity contribution in [1.29, 1.82) is 0 Å². The predicted octanol–water partition coefficient (Wildman–Crippen LogP) is 4.12. The third kappa shape index (κ3) is 6.46. The average Bonchev–Trinajstić information content (AvgIpc) is 3.75. The van der Waals surface area contributed by atoms with E-state index in [1.165, 1.54) is 19.1 Å². The molecule has 0 aromatic heterocycles. The van der Waals surface area contributed by atoms with Crippen molar-refractivity contribution in [2.75, 3.05) is 33.3 Å². The minimum Gasteiger partial charge on any atom is -0.468 e. The lowest BCUT2D eigenvalue weighted by molar-refractivity contribution is -0.182. The van der Waals surface area contributed by atoms with E-state index in [1.54, 1.807) is 0 Å². The monoisotopic (exact) mass is 583 g/mol. The fourth-order valence-corrected chi connectivity index (χ4v) is 7.40. The number of rotatable bonds is 12. The Morgan fingerprint density at radius 1 is 1.14 bits per heavy atom. The van der Waals surface area contributed by atoms with Crippen LogP contribution in [0.25, 0.3) is 0 Å². The highest BCUT2D eigenvalue weighted by atomic mass is 16.5. The molecule has 4 atom stereocenters. The fraction of sp³-hybridized carbons (Fsp3) is 0.758. The number of carbonyl (C=O) groups is 4. The highest BCUT2D eigenvalue weighted by molar-refractivity contribution is 5.93. The van der Waals surface area contributed by atoms with Gasteiger partial charge in [0, 0.05) is 50.6 Å². The van der Waals surface area contributed by atoms with Crippen LogP contribution in [-0.2, 0) is 28.7 Å². The number of ether oxygens (including phenoxy) is 2. The Morgan fingerprint density at radius 3 is 2.60 bits per heavy atom. The molecule has 2 aliphatic carbocycles. The number of hydrogen-bond acceptors (Lipinski definition) is 6. The summed E-state index contributed by atoms with van der Waals surface area (Å²) in [4.78, 5) is 56.8. The Labute approximate surface area is 250 Å². The molecule has 9 heteroatoms. The molecule has 0 bridgehead atoms. The summed E-state index contributed by atoms with van der Waals surface area (Å²) in [5.74, 6) is -0.725. The van der Waals surface area contributed by atoms with Crippen LogP contribution in [0.3, 0.4) is 0 Å². The van der Waals surface area contributed by atoms with Gasteiger partial charge in [-0.3, -0.25) is 19.2 Å². The molecule has 0 aromatic rings. The molecule has 1 N–H and O–H groups in total. The van der Waals surface area contributed by atoms with Gasteiger partial charge in [0.15, 0.2) is 0 Å². The van der Waals surface area contributed by atoms with Gasteiger partial charge in [-0.2, -0.15) is 0 Å². The van der Waals surface area contributed by atoms with Crippen LogP contribution in [0.2, 0.25) is 0 Å². The summed E-state index contributed by atoms with van der Waals surface area (Å²) in [6.07, 6.45) is 13.3. The van der Waals surface area contributed by atoms with E-state index in [0.29, 0.717) is 32.5 Å². The lowest BCUT2D eigenvalue weighted by Crippen LogP contribution is -2.62. The number of piperidine rings is 1. The fourth-order valence-electron chi connectivity index (χ4n) is 7.40. The van der Waals surface area contributed by atoms with Crippen LogP contribution in [0, 0.1) is 23.2 Å². The first kappa shape index (κ1) is 30.8. The molecule has 3 amide bonds. The number of esters is 1. The van der Waals surface area contributed by atoms with E-state index in [9.17, 15) is 19.2 Å². The maximum atomic E-state index is 14.2. The second-order valence-corrected chi connectivity index (χ2v) is 13.3. The summed E-state index contributed by atoms with van der Waals surface area (Å²) in [6, 6.07) is 0. The molecule has 9 nitrogen and oxygen atoms in total. The summed E-state index contributed by atoms with van der Waals surface area (Å²) in [5, 5.41) is 2.97. The lowest BCUT2D eigenvalue weighted by Gasteiger charge is -2.53. The molecule has 232 valence electrons. The van der Waals surface area contributed by atoms with Crippen LogP contribution in [-0.4, -0.2) is 79.0 Å². The van der Waals surface area contributed by atoms with Gasteiger partial charge in [-0.25, -0.2) is 0 Å². The molecule has 42 heavy (non-hydrogen) atoms. The molecule has 0 aromatic carbocycles. The third-order valence-corrected chi connectivity index (χ3v) is 9.87. The van der Waals surface area contributed by atoms with Crippen molar-refractivity contribution in [1.82, 2.24) is 15.1 Å². The second kappa shape index (κ2) is 13.3. The smallest absolute Gasteiger partial charge is 0.320 e. The van der Waals surface area contributed by atoms with Crippen molar-refractivity contribution in [3.8, 4) is 0 Å². The molecular weight excluding hydrogens is 534 g/mol. The molecule has 0 spiro atoms. The van der Waals surface area contributed by atoms with Gasteiger partial charge in [-0.1, -0.05) is 25.5 Å². The van der Waals surface area contributed by atoms with Crippen LogP contribution >= 0.6 is 0 Å². The zero-order valence-corrected chi connectivity index (χ0v) is 25.7. The van der Waals surface area contributed by atoms with E-state index in [2.05, 4.69) is 25.2 Å². The average molecular weight is 584 g/mol. The van der Waals surface area contributed by atoms with Crippen LogP contribution < -0.4 is 5.32 Å². The van der Waals surface area contributed by atoms with E-state index in [-0.39, 0.29) is 60.6 Å². The topological polar surface area (TPSA) is 105 Å². The molecule has 3 heterocycles. The number of likely N-dealkylation sites (tertiary alicyclic amines) is 2. The normalized spacial score (nSPS) is 29.8. The number of nitrogens with zero attached hydrogens (tertiary/aromatic N) is 2. The standard InChI is InChI=1S/C33H49N3O6/c1-22(2)26-20-27-33(32(40)41-3,30(42-26)24-12-13-24)21-25(31(39)36(27)18-14-23-9-5-4-6-10-23)19-28(37)34-15-8-17-35-16-7-11-29(35)38/h9,20,22,24-26,30H,4-8,10-19,21H2,1-3H3,(H,34,37)/t25-,26+,30+,33+/m0/s1. The largest absolute Gasteiger partial charge is 0.468 e. The van der Waals surface area contributed by atoms with Crippen molar-refractivity contribution in [2.45, 2.75) is 103 Å². The maximum absolute atomic E-state index is 14.2. The van der Waals surface area contributed by atoms with Crippen LogP contribution in [0.5, 0.6) is 0 Å². The Balaban J connectivity index is 1.38. The Hall–Kier alpha value is -2.68. The van der Waals surface area contributed by atoms with Gasteiger partial charge in [0.25, 0.3) is 0 Å². The molecule has 5 aliphatic rings. The molecule has 1 saturated carbocycles. The predicted molar refractivity (Wildman–Crippen MR) is 158 cm³/mol. The third-order valence-electron chi connectivity index (χ3n) is 9.87. The molecule has 0 radical (unpaired) electrons. The van der Waals surface area contributed by atoms with Gasteiger partial charge in [0.1, 0.15) is 5.41 Å². The molecular formula is C33H49N3O6. The van der Waals surface area contributed by atoms with Gasteiger partial charge in [0.05, 0.1) is 19.3 Å². The first-order chi connectivity index (χ1) is 20.2. The Morgan fingerprint density at radius 2 is 1.95 bits per heavy atom. The second-order valence-electron chi connectivity index (χ2n) is 13.3. The van der Waals surface area contributed by atoms with Crippen molar-refractivity contribution in [2.24, 2.45) is 23.2 Å². The summed E-state index contributed by atoms with van der Waals surface area (Å²) in [7, 11) is 1.41. The van der Waals surface area contributed by atoms with Crippen molar-refractivity contribution in [3.05, 3.63) is 23.4 Å². The van der Waals surface area contributed by atoms with Crippen LogP contribution in [0.15, 0.2) is 23.4 Å². The van der Waals surface area contributed by atoms with Gasteiger partial charge in [0.2, 0.25) is 17.7 Å². The zero-order valence-electron chi connectivity index (χ0n) is 25.7. The van der Waals surface area contributed by atoms with Gasteiger partial charge in [-0.05, 0) is 82.1 Å². The summed E-state index contributed by atoms with van der Waals surface area (Å²) >= 11 is 0. The SMILES string of the molecule is COC(=O)[C@]12C[C@H](CC(=O)NCCCN3CCCC3=O)C(=O)N(CCC3=CCCCC3)C1=C[C@H](C(C)C)O[C@@H]2C1CC1. The van der Waals surface area contributed by atoms with E-state index in [4.69, 9.17) is 9.47 Å². The van der Waals surface area contributed by atoms with E-state index in [0.717, 1.165) is 57.2 Å². The maximum Gasteiger partial charge on any atom is 0.320 e. The summed E-state index contributed by atoms with van der Waals surface area (Å²) < 4.78 is 12.2. The van der Waals surface area contributed by atoms with E-state index < -0.39 is 11.3 Å². The van der Waals surface area contributed by atoms with Crippen molar-refractivity contribution < 1.29 is 28.7 Å². The first-order valence-corrected chi connectivity index (χ1v) is 16.2. The van der Waals surface area contributed by atoms with Crippen LogP contribution in [0.1, 0.15) is 90.9 Å². The molecule has 3 aliphatic heterocycles. The minimum atomic E-state index is -1.11. The highest BCUT2D eigenvalue weighted by Gasteiger charge is 2.63. The van der Waals surface area contributed by atoms with Gasteiger partial charge < -0.3 is 24.6 Å². The molecule has 5 rings (SSSR count). The van der Waals surface area contributed by atoms with Crippen molar-refractivity contribution in [3.63, 3.8) is 0 Å². The quantitative estimate of drug-likeness (QED) is 0.211. The highest BCUT2D eigenvalue weighted by Crippen LogP contribution is 2.56. The number of hydrogen-bond donors (Lipinski definition) is 1. The zero-order chi connectivity index (χ0) is 29.9. The molecule has 0 unspecified atom stereocenters.